The van der Waals surface area contributed by atoms with Crippen molar-refractivity contribution in [1.82, 2.24) is 9.78 Å². The average Bonchev–Trinajstić information content (AvgIpc) is 3.24. The van der Waals surface area contributed by atoms with Gasteiger partial charge in [0.05, 0.1) is 23.4 Å². The standard InChI is InChI=1S/C19H15ClF3N3O/c1-27-16-5-3-2-4-12(16)17-13-8-9-24-18(13)26(25-17)15-10-11(19(21,22)23)6-7-14(15)20/h2-7,10,24H,8-9H2,1H3. The molecule has 8 heteroatoms. The Labute approximate surface area is 158 Å². The van der Waals surface area contributed by atoms with E-state index >= 15 is 0 Å². The highest BCUT2D eigenvalue weighted by Crippen LogP contribution is 2.40. The number of rotatable bonds is 3. The lowest BCUT2D eigenvalue weighted by Crippen LogP contribution is -2.09. The minimum absolute atomic E-state index is 0.179. The maximum absolute atomic E-state index is 13.2. The summed E-state index contributed by atoms with van der Waals surface area (Å²) in [5, 5.41) is 7.98. The summed E-state index contributed by atoms with van der Waals surface area (Å²) in [5.74, 6) is 1.30. The van der Waals surface area contributed by atoms with Crippen molar-refractivity contribution in [2.45, 2.75) is 12.6 Å². The number of anilines is 1. The highest BCUT2D eigenvalue weighted by atomic mass is 35.5. The van der Waals surface area contributed by atoms with Gasteiger partial charge in [0.1, 0.15) is 17.3 Å². The highest BCUT2D eigenvalue weighted by Gasteiger charge is 2.32. The van der Waals surface area contributed by atoms with Gasteiger partial charge in [0.15, 0.2) is 0 Å². The molecule has 1 aromatic heterocycles. The van der Waals surface area contributed by atoms with E-state index in [0.29, 0.717) is 30.2 Å². The maximum Gasteiger partial charge on any atom is 0.416 e. The third-order valence-electron chi connectivity index (χ3n) is 4.51. The van der Waals surface area contributed by atoms with Gasteiger partial charge >= 0.3 is 6.18 Å². The van der Waals surface area contributed by atoms with Crippen LogP contribution in [-0.2, 0) is 12.6 Å². The third-order valence-corrected chi connectivity index (χ3v) is 4.83. The number of nitrogens with one attached hydrogen (secondary N) is 1. The van der Waals surface area contributed by atoms with Crippen LogP contribution in [0.3, 0.4) is 0 Å². The zero-order valence-corrected chi connectivity index (χ0v) is 15.0. The molecule has 0 aliphatic carbocycles. The van der Waals surface area contributed by atoms with Gasteiger partial charge in [-0.2, -0.15) is 18.3 Å². The predicted molar refractivity (Wildman–Crippen MR) is 97.8 cm³/mol. The van der Waals surface area contributed by atoms with Crippen molar-refractivity contribution in [1.29, 1.82) is 0 Å². The summed E-state index contributed by atoms with van der Waals surface area (Å²) in [5.41, 5.74) is 1.77. The molecule has 2 heterocycles. The van der Waals surface area contributed by atoms with E-state index in [9.17, 15) is 13.2 Å². The fraction of sp³-hybridized carbons (Fsp3) is 0.211. The molecule has 0 saturated carbocycles. The zero-order chi connectivity index (χ0) is 19.2. The molecule has 0 atom stereocenters. The van der Waals surface area contributed by atoms with Crippen LogP contribution < -0.4 is 10.1 Å². The lowest BCUT2D eigenvalue weighted by Gasteiger charge is -2.12. The number of nitrogens with zero attached hydrogens (tertiary/aromatic N) is 2. The topological polar surface area (TPSA) is 39.1 Å². The Morgan fingerprint density at radius 2 is 1.96 bits per heavy atom. The quantitative estimate of drug-likeness (QED) is 0.665. The summed E-state index contributed by atoms with van der Waals surface area (Å²) < 4.78 is 46.3. The molecule has 0 fully saturated rings. The number of hydrogen-bond acceptors (Lipinski definition) is 3. The highest BCUT2D eigenvalue weighted by molar-refractivity contribution is 6.32. The molecule has 1 aliphatic heterocycles. The van der Waals surface area contributed by atoms with Crippen LogP contribution in [0.5, 0.6) is 5.75 Å². The van der Waals surface area contributed by atoms with Gasteiger partial charge in [-0.25, -0.2) is 4.68 Å². The Balaban J connectivity index is 1.92. The predicted octanol–water partition coefficient (Wildman–Crippen LogP) is 5.19. The van der Waals surface area contributed by atoms with Crippen LogP contribution in [0.15, 0.2) is 42.5 Å². The fourth-order valence-electron chi connectivity index (χ4n) is 3.26. The second-order valence-corrected chi connectivity index (χ2v) is 6.54. The SMILES string of the molecule is COc1ccccc1-c1nn(-c2cc(C(F)(F)F)ccc2Cl)c2c1CCN2. The average molecular weight is 394 g/mol. The van der Waals surface area contributed by atoms with Crippen molar-refractivity contribution < 1.29 is 17.9 Å². The van der Waals surface area contributed by atoms with E-state index in [1.54, 1.807) is 7.11 Å². The summed E-state index contributed by atoms with van der Waals surface area (Å²) in [7, 11) is 1.57. The van der Waals surface area contributed by atoms with Crippen molar-refractivity contribution >= 4 is 17.4 Å². The van der Waals surface area contributed by atoms with Crippen molar-refractivity contribution in [2.75, 3.05) is 19.0 Å². The number of benzene rings is 2. The first-order valence-electron chi connectivity index (χ1n) is 8.26. The summed E-state index contributed by atoms with van der Waals surface area (Å²) in [6, 6.07) is 10.6. The molecule has 3 aromatic rings. The summed E-state index contributed by atoms with van der Waals surface area (Å²) in [6.45, 7) is 0.673. The van der Waals surface area contributed by atoms with Gasteiger partial charge in [0, 0.05) is 17.7 Å². The minimum atomic E-state index is -4.46. The molecule has 0 saturated heterocycles. The van der Waals surface area contributed by atoms with Crippen LogP contribution in [0.2, 0.25) is 5.02 Å². The van der Waals surface area contributed by atoms with Crippen LogP contribution in [0.1, 0.15) is 11.1 Å². The molecular weight excluding hydrogens is 379 g/mol. The lowest BCUT2D eigenvalue weighted by molar-refractivity contribution is -0.137. The molecular formula is C19H15ClF3N3O. The van der Waals surface area contributed by atoms with Crippen molar-refractivity contribution in [3.05, 3.63) is 58.6 Å². The first-order chi connectivity index (χ1) is 12.9. The van der Waals surface area contributed by atoms with Crippen molar-refractivity contribution in [2.24, 2.45) is 0 Å². The van der Waals surface area contributed by atoms with E-state index in [0.717, 1.165) is 23.3 Å². The molecule has 0 radical (unpaired) electrons. The largest absolute Gasteiger partial charge is 0.496 e. The van der Waals surface area contributed by atoms with Gasteiger partial charge in [-0.05, 0) is 36.8 Å². The number of methoxy groups -OCH3 is 1. The van der Waals surface area contributed by atoms with E-state index in [1.165, 1.54) is 10.7 Å². The van der Waals surface area contributed by atoms with Gasteiger partial charge in [-0.3, -0.25) is 0 Å². The first kappa shape index (κ1) is 17.7. The molecule has 0 bridgehead atoms. The number of para-hydroxylation sites is 1. The number of ether oxygens (including phenoxy) is 1. The number of halogens is 4. The van der Waals surface area contributed by atoms with Crippen LogP contribution in [0.4, 0.5) is 19.0 Å². The maximum atomic E-state index is 13.2. The Morgan fingerprint density at radius 1 is 1.19 bits per heavy atom. The number of hydrogen-bond donors (Lipinski definition) is 1. The Morgan fingerprint density at radius 3 is 2.70 bits per heavy atom. The van der Waals surface area contributed by atoms with Crippen LogP contribution in [0.25, 0.3) is 16.9 Å². The van der Waals surface area contributed by atoms with E-state index in [-0.39, 0.29) is 10.7 Å². The molecule has 0 spiro atoms. The summed E-state index contributed by atoms with van der Waals surface area (Å²) in [4.78, 5) is 0. The molecule has 0 unspecified atom stereocenters. The van der Waals surface area contributed by atoms with E-state index < -0.39 is 11.7 Å². The smallest absolute Gasteiger partial charge is 0.416 e. The monoisotopic (exact) mass is 393 g/mol. The minimum Gasteiger partial charge on any atom is -0.496 e. The van der Waals surface area contributed by atoms with Crippen LogP contribution in [0, 0.1) is 0 Å². The number of aromatic nitrogens is 2. The van der Waals surface area contributed by atoms with Gasteiger partial charge in [0.25, 0.3) is 0 Å². The summed E-state index contributed by atoms with van der Waals surface area (Å²) >= 11 is 6.22. The molecule has 140 valence electrons. The van der Waals surface area contributed by atoms with Gasteiger partial charge in [-0.1, -0.05) is 23.7 Å². The lowest BCUT2D eigenvalue weighted by atomic mass is 10.1. The van der Waals surface area contributed by atoms with Crippen LogP contribution >= 0.6 is 11.6 Å². The van der Waals surface area contributed by atoms with Crippen molar-refractivity contribution in [3.63, 3.8) is 0 Å². The number of fused-ring (bicyclic) bond motifs is 1. The van der Waals surface area contributed by atoms with Gasteiger partial charge in [-0.15, -0.1) is 0 Å². The molecule has 2 aromatic carbocycles. The fourth-order valence-corrected chi connectivity index (χ4v) is 3.45. The Bertz CT molecular complexity index is 1010. The molecule has 27 heavy (non-hydrogen) atoms. The van der Waals surface area contributed by atoms with E-state index in [4.69, 9.17) is 16.3 Å². The summed E-state index contributed by atoms with van der Waals surface area (Å²) in [6.07, 6.45) is -3.76. The van der Waals surface area contributed by atoms with E-state index in [2.05, 4.69) is 10.4 Å². The first-order valence-corrected chi connectivity index (χ1v) is 8.64. The zero-order valence-electron chi connectivity index (χ0n) is 14.3. The third kappa shape index (κ3) is 3.02. The molecule has 4 nitrogen and oxygen atoms in total. The van der Waals surface area contributed by atoms with Crippen LogP contribution in [-0.4, -0.2) is 23.4 Å². The van der Waals surface area contributed by atoms with Crippen molar-refractivity contribution in [3.8, 4) is 22.7 Å². The molecule has 0 amide bonds. The molecule has 1 N–H and O–H groups in total. The second-order valence-electron chi connectivity index (χ2n) is 6.13. The van der Waals surface area contributed by atoms with Gasteiger partial charge < -0.3 is 10.1 Å². The normalized spacial score (nSPS) is 13.4. The molecule has 1 aliphatic rings. The number of alkyl halides is 3. The van der Waals surface area contributed by atoms with E-state index in [1.807, 2.05) is 24.3 Å². The Kier molecular flexibility index (Phi) is 4.26. The molecule has 4 rings (SSSR count). The van der Waals surface area contributed by atoms with Gasteiger partial charge in [0.2, 0.25) is 0 Å². The Hall–Kier alpha value is -2.67. The second kappa shape index (κ2) is 6.49.